The Labute approximate surface area is 164 Å². The third kappa shape index (κ3) is 4.58. The zero-order valence-electron chi connectivity index (χ0n) is 15.9. The van der Waals surface area contributed by atoms with Crippen LogP contribution in [0.3, 0.4) is 0 Å². The summed E-state index contributed by atoms with van der Waals surface area (Å²) in [4.78, 5) is 17.4. The number of pyridine rings is 1. The van der Waals surface area contributed by atoms with E-state index in [2.05, 4.69) is 10.3 Å². The second-order valence-electron chi connectivity index (χ2n) is 6.41. The molecule has 3 aromatic rings. The summed E-state index contributed by atoms with van der Waals surface area (Å²) in [5, 5.41) is 3.63. The van der Waals surface area contributed by atoms with Gasteiger partial charge in [-0.05, 0) is 30.7 Å². The molecule has 2 heterocycles. The predicted molar refractivity (Wildman–Crippen MR) is 108 cm³/mol. The number of nitrogens with one attached hydrogen (secondary N) is 1. The van der Waals surface area contributed by atoms with Crippen LogP contribution in [0, 0.1) is 0 Å². The van der Waals surface area contributed by atoms with Gasteiger partial charge in [0.05, 0.1) is 23.6 Å². The molecule has 0 spiro atoms. The number of furan rings is 1. The maximum Gasteiger partial charge on any atom is 0.252 e. The first-order valence-electron chi connectivity index (χ1n) is 9.07. The van der Waals surface area contributed by atoms with E-state index >= 15 is 0 Å². The number of para-hydroxylation sites is 1. The molecule has 0 aliphatic carbocycles. The number of carbonyl (C=O) groups excluding carboxylic acids is 1. The molecule has 0 unspecified atom stereocenters. The van der Waals surface area contributed by atoms with E-state index in [1.165, 1.54) is 10.6 Å². The summed E-state index contributed by atoms with van der Waals surface area (Å²) >= 11 is 0. The molecule has 1 aromatic carbocycles. The van der Waals surface area contributed by atoms with Crippen molar-refractivity contribution in [3.63, 3.8) is 0 Å². The van der Waals surface area contributed by atoms with Crippen molar-refractivity contribution < 1.29 is 17.6 Å². The molecular weight excluding hydrogens is 378 g/mol. The van der Waals surface area contributed by atoms with Crippen molar-refractivity contribution in [1.29, 1.82) is 0 Å². The summed E-state index contributed by atoms with van der Waals surface area (Å²) in [6.07, 6.45) is 3.28. The van der Waals surface area contributed by atoms with Crippen LogP contribution in [-0.4, -0.2) is 49.5 Å². The third-order valence-electron chi connectivity index (χ3n) is 4.43. The van der Waals surface area contributed by atoms with Crippen LogP contribution in [0.5, 0.6) is 0 Å². The smallest absolute Gasteiger partial charge is 0.252 e. The van der Waals surface area contributed by atoms with Gasteiger partial charge in [0.25, 0.3) is 5.91 Å². The summed E-state index contributed by atoms with van der Waals surface area (Å²) in [6, 6.07) is 12.7. The van der Waals surface area contributed by atoms with Crippen molar-refractivity contribution in [2.24, 2.45) is 0 Å². The molecule has 28 heavy (non-hydrogen) atoms. The van der Waals surface area contributed by atoms with Crippen molar-refractivity contribution in [3.8, 4) is 11.5 Å². The Kier molecular flexibility index (Phi) is 6.11. The summed E-state index contributed by atoms with van der Waals surface area (Å²) in [5.74, 6) is 0.361. The summed E-state index contributed by atoms with van der Waals surface area (Å²) in [7, 11) is -3.23. The van der Waals surface area contributed by atoms with Crippen LogP contribution in [0.15, 0.2) is 53.1 Å². The fraction of sp³-hybridized carbons (Fsp3) is 0.300. The maximum absolute atomic E-state index is 12.8. The number of fused-ring (bicyclic) bond motifs is 1. The molecule has 1 amide bonds. The van der Waals surface area contributed by atoms with Gasteiger partial charge >= 0.3 is 0 Å². The summed E-state index contributed by atoms with van der Waals surface area (Å²) < 4.78 is 30.1. The topological polar surface area (TPSA) is 92.5 Å². The zero-order valence-corrected chi connectivity index (χ0v) is 16.7. The highest BCUT2D eigenvalue weighted by atomic mass is 32.2. The Balaban J connectivity index is 1.76. The first-order chi connectivity index (χ1) is 13.4. The lowest BCUT2D eigenvalue weighted by molar-refractivity contribution is 0.0954. The van der Waals surface area contributed by atoms with Crippen LogP contribution in [0.4, 0.5) is 0 Å². The number of hydrogen-bond acceptors (Lipinski definition) is 5. The highest BCUT2D eigenvalue weighted by Crippen LogP contribution is 2.25. The normalized spacial score (nSPS) is 11.8. The second kappa shape index (κ2) is 8.53. The number of amides is 1. The fourth-order valence-corrected chi connectivity index (χ4v) is 3.95. The van der Waals surface area contributed by atoms with Gasteiger partial charge in [0.1, 0.15) is 5.69 Å². The van der Waals surface area contributed by atoms with E-state index < -0.39 is 10.0 Å². The van der Waals surface area contributed by atoms with Crippen molar-refractivity contribution in [1.82, 2.24) is 14.6 Å². The molecular formula is C20H23N3O4S. The number of carbonyl (C=O) groups is 1. The molecule has 0 aliphatic heterocycles. The van der Waals surface area contributed by atoms with Crippen molar-refractivity contribution >= 4 is 26.8 Å². The lowest BCUT2D eigenvalue weighted by atomic mass is 10.1. The van der Waals surface area contributed by atoms with Crippen LogP contribution in [0.2, 0.25) is 0 Å². The zero-order chi connectivity index (χ0) is 20.1. The Morgan fingerprint density at radius 2 is 2.00 bits per heavy atom. The molecule has 0 aliphatic rings. The van der Waals surface area contributed by atoms with Gasteiger partial charge in [0, 0.05) is 25.0 Å². The number of benzene rings is 1. The number of aromatic nitrogens is 1. The molecule has 3 rings (SSSR count). The summed E-state index contributed by atoms with van der Waals surface area (Å²) in [5.41, 5.74) is 1.80. The van der Waals surface area contributed by atoms with Crippen molar-refractivity contribution in [2.45, 2.75) is 13.3 Å². The van der Waals surface area contributed by atoms with E-state index in [9.17, 15) is 13.2 Å². The molecule has 8 heteroatoms. The Hall–Kier alpha value is -2.71. The van der Waals surface area contributed by atoms with Crippen LogP contribution >= 0.6 is 0 Å². The van der Waals surface area contributed by atoms with Crippen molar-refractivity contribution in [2.75, 3.05) is 25.9 Å². The second-order valence-corrected chi connectivity index (χ2v) is 8.40. The average molecular weight is 401 g/mol. The molecule has 0 atom stereocenters. The highest BCUT2D eigenvalue weighted by molar-refractivity contribution is 7.88. The SMILES string of the molecule is CCN(CCCNC(=O)c1cc(-c2ccco2)nc2ccccc12)S(C)(=O)=O. The Morgan fingerprint density at radius 3 is 2.68 bits per heavy atom. The largest absolute Gasteiger partial charge is 0.463 e. The maximum atomic E-state index is 12.8. The van der Waals surface area contributed by atoms with Gasteiger partial charge in [-0.2, -0.15) is 0 Å². The van der Waals surface area contributed by atoms with E-state index in [-0.39, 0.29) is 5.91 Å². The quantitative estimate of drug-likeness (QED) is 0.586. The van der Waals surface area contributed by atoms with Crippen LogP contribution in [-0.2, 0) is 10.0 Å². The molecule has 7 nitrogen and oxygen atoms in total. The molecule has 0 fully saturated rings. The van der Waals surface area contributed by atoms with Crippen LogP contribution in [0.1, 0.15) is 23.7 Å². The van der Waals surface area contributed by atoms with Crippen molar-refractivity contribution in [3.05, 3.63) is 54.3 Å². The monoisotopic (exact) mass is 401 g/mol. The summed E-state index contributed by atoms with van der Waals surface area (Å²) in [6.45, 7) is 2.94. The molecule has 0 saturated carbocycles. The first-order valence-corrected chi connectivity index (χ1v) is 10.9. The first kappa shape index (κ1) is 20.0. The molecule has 1 N–H and O–H groups in total. The molecule has 2 aromatic heterocycles. The van der Waals surface area contributed by atoms with E-state index in [0.29, 0.717) is 48.6 Å². The minimum absolute atomic E-state index is 0.228. The average Bonchev–Trinajstić information content (AvgIpc) is 3.20. The molecule has 148 valence electrons. The van der Waals surface area contributed by atoms with Gasteiger partial charge in [0.2, 0.25) is 10.0 Å². The van der Waals surface area contributed by atoms with E-state index in [1.54, 1.807) is 31.4 Å². The van der Waals surface area contributed by atoms with E-state index in [4.69, 9.17) is 4.42 Å². The Bertz CT molecular complexity index is 1060. The minimum atomic E-state index is -3.23. The van der Waals surface area contributed by atoms with Gasteiger partial charge in [-0.3, -0.25) is 4.79 Å². The van der Waals surface area contributed by atoms with Crippen LogP contribution in [0.25, 0.3) is 22.4 Å². The van der Waals surface area contributed by atoms with E-state index in [1.807, 2.05) is 24.3 Å². The number of sulfonamides is 1. The molecule has 0 saturated heterocycles. The lowest BCUT2D eigenvalue weighted by Gasteiger charge is -2.17. The number of hydrogen-bond donors (Lipinski definition) is 1. The third-order valence-corrected chi connectivity index (χ3v) is 5.80. The minimum Gasteiger partial charge on any atom is -0.463 e. The molecule has 0 bridgehead atoms. The number of rotatable bonds is 8. The molecule has 0 radical (unpaired) electrons. The fourth-order valence-electron chi connectivity index (χ4n) is 3.02. The van der Waals surface area contributed by atoms with Gasteiger partial charge in [0.15, 0.2) is 5.76 Å². The number of nitrogens with zero attached hydrogens (tertiary/aromatic N) is 2. The van der Waals surface area contributed by atoms with Gasteiger partial charge < -0.3 is 9.73 Å². The lowest BCUT2D eigenvalue weighted by Crippen LogP contribution is -2.33. The Morgan fingerprint density at radius 1 is 1.21 bits per heavy atom. The van der Waals surface area contributed by atoms with Crippen LogP contribution < -0.4 is 5.32 Å². The standard InChI is InChI=1S/C20H23N3O4S/c1-3-23(28(2,25)26)12-7-11-21-20(24)16-14-18(19-10-6-13-27-19)22-17-9-5-4-8-15(16)17/h4-6,8-10,13-14H,3,7,11-12H2,1-2H3,(H,21,24). The highest BCUT2D eigenvalue weighted by Gasteiger charge is 2.16. The van der Waals surface area contributed by atoms with Gasteiger partial charge in [-0.25, -0.2) is 17.7 Å². The predicted octanol–water partition coefficient (Wildman–Crippen LogP) is 2.90. The van der Waals surface area contributed by atoms with Gasteiger partial charge in [-0.1, -0.05) is 25.1 Å². The van der Waals surface area contributed by atoms with Gasteiger partial charge in [-0.15, -0.1) is 0 Å². The van der Waals surface area contributed by atoms with E-state index in [0.717, 1.165) is 5.39 Å².